The van der Waals surface area contributed by atoms with E-state index in [0.717, 1.165) is 23.4 Å². The average molecular weight is 267 g/mol. The molecule has 20 heavy (non-hydrogen) atoms. The number of rotatable bonds is 4. The zero-order valence-corrected chi connectivity index (χ0v) is 11.7. The number of hydrogen-bond acceptors (Lipinski definition) is 2. The molecule has 0 aliphatic rings. The third-order valence-corrected chi connectivity index (χ3v) is 3.51. The molecule has 0 saturated heterocycles. The summed E-state index contributed by atoms with van der Waals surface area (Å²) in [5, 5.41) is 1.14. The lowest BCUT2D eigenvalue weighted by molar-refractivity contribution is 0.414. The monoisotopic (exact) mass is 267 g/mol. The highest BCUT2D eigenvalue weighted by atomic mass is 16.5. The Morgan fingerprint density at radius 1 is 0.900 bits per heavy atom. The Morgan fingerprint density at radius 3 is 2.40 bits per heavy atom. The summed E-state index contributed by atoms with van der Waals surface area (Å²) in [6.45, 7) is 0.834. The molecule has 0 saturated carbocycles. The van der Waals surface area contributed by atoms with Gasteiger partial charge in [0.2, 0.25) is 0 Å². The highest BCUT2D eigenvalue weighted by Crippen LogP contribution is 2.26. The maximum atomic E-state index is 5.39. The van der Waals surface area contributed by atoms with Gasteiger partial charge in [0.05, 0.1) is 19.7 Å². The number of benzene rings is 2. The molecule has 0 aliphatic carbocycles. The molecule has 3 nitrogen and oxygen atoms in total. The standard InChI is InChI=1S/C17H17NO2/c1-19-14-8-6-13(7-9-14)12-18-11-10-15-16(18)4-3-5-17(15)20-2/h3-11H,12H2,1-2H3. The third-order valence-electron chi connectivity index (χ3n) is 3.51. The summed E-state index contributed by atoms with van der Waals surface area (Å²) >= 11 is 0. The second-order valence-corrected chi connectivity index (χ2v) is 4.68. The van der Waals surface area contributed by atoms with E-state index < -0.39 is 0 Å². The van der Waals surface area contributed by atoms with E-state index in [9.17, 15) is 0 Å². The normalized spacial score (nSPS) is 10.7. The van der Waals surface area contributed by atoms with Gasteiger partial charge >= 0.3 is 0 Å². The molecule has 3 heteroatoms. The molecule has 1 aromatic heterocycles. The van der Waals surface area contributed by atoms with Crippen LogP contribution >= 0.6 is 0 Å². The lowest BCUT2D eigenvalue weighted by Crippen LogP contribution is -1.97. The third kappa shape index (κ3) is 2.23. The predicted octanol–water partition coefficient (Wildman–Crippen LogP) is 3.71. The Labute approximate surface area is 118 Å². The van der Waals surface area contributed by atoms with E-state index in [0.29, 0.717) is 0 Å². The van der Waals surface area contributed by atoms with Crippen molar-refractivity contribution in [2.45, 2.75) is 6.54 Å². The minimum Gasteiger partial charge on any atom is -0.497 e. The van der Waals surface area contributed by atoms with Gasteiger partial charge in [0.1, 0.15) is 11.5 Å². The van der Waals surface area contributed by atoms with Crippen molar-refractivity contribution in [2.24, 2.45) is 0 Å². The second kappa shape index (κ2) is 5.29. The zero-order chi connectivity index (χ0) is 13.9. The van der Waals surface area contributed by atoms with Crippen LogP contribution in [0.5, 0.6) is 11.5 Å². The fourth-order valence-corrected chi connectivity index (χ4v) is 2.44. The minimum atomic E-state index is 0.834. The van der Waals surface area contributed by atoms with Crippen LogP contribution in [-0.4, -0.2) is 18.8 Å². The molecular formula is C17H17NO2. The number of hydrogen-bond donors (Lipinski definition) is 0. The van der Waals surface area contributed by atoms with Gasteiger partial charge in [-0.1, -0.05) is 18.2 Å². The first-order valence-electron chi connectivity index (χ1n) is 6.56. The smallest absolute Gasteiger partial charge is 0.128 e. The molecule has 1 heterocycles. The van der Waals surface area contributed by atoms with Crippen molar-refractivity contribution in [3.8, 4) is 11.5 Å². The summed E-state index contributed by atoms with van der Waals surface area (Å²) in [5.41, 5.74) is 2.42. The summed E-state index contributed by atoms with van der Waals surface area (Å²) in [6, 6.07) is 16.4. The van der Waals surface area contributed by atoms with Crippen LogP contribution in [0, 0.1) is 0 Å². The average Bonchev–Trinajstić information content (AvgIpc) is 2.91. The van der Waals surface area contributed by atoms with Gasteiger partial charge in [-0.3, -0.25) is 0 Å². The Balaban J connectivity index is 1.94. The molecule has 3 aromatic rings. The molecule has 0 bridgehead atoms. The summed E-state index contributed by atoms with van der Waals surface area (Å²) in [4.78, 5) is 0. The highest BCUT2D eigenvalue weighted by molar-refractivity contribution is 5.86. The van der Waals surface area contributed by atoms with Crippen molar-refractivity contribution in [1.29, 1.82) is 0 Å². The molecule has 0 atom stereocenters. The molecule has 0 unspecified atom stereocenters. The van der Waals surface area contributed by atoms with Crippen LogP contribution in [-0.2, 0) is 6.54 Å². The molecule has 3 rings (SSSR count). The van der Waals surface area contributed by atoms with E-state index >= 15 is 0 Å². The van der Waals surface area contributed by atoms with Gasteiger partial charge in [-0.25, -0.2) is 0 Å². The molecular weight excluding hydrogens is 250 g/mol. The van der Waals surface area contributed by atoms with E-state index in [2.05, 4.69) is 35.0 Å². The van der Waals surface area contributed by atoms with Gasteiger partial charge < -0.3 is 14.0 Å². The first kappa shape index (κ1) is 12.6. The van der Waals surface area contributed by atoms with Crippen molar-refractivity contribution < 1.29 is 9.47 Å². The fraction of sp³-hybridized carbons (Fsp3) is 0.176. The lowest BCUT2D eigenvalue weighted by Gasteiger charge is -2.08. The van der Waals surface area contributed by atoms with Crippen LogP contribution in [0.2, 0.25) is 0 Å². The van der Waals surface area contributed by atoms with E-state index in [1.165, 1.54) is 11.1 Å². The second-order valence-electron chi connectivity index (χ2n) is 4.68. The first-order chi connectivity index (χ1) is 9.81. The first-order valence-corrected chi connectivity index (χ1v) is 6.56. The quantitative estimate of drug-likeness (QED) is 0.719. The van der Waals surface area contributed by atoms with Crippen LogP contribution in [0.4, 0.5) is 0 Å². The van der Waals surface area contributed by atoms with Crippen molar-refractivity contribution in [3.05, 3.63) is 60.3 Å². The largest absolute Gasteiger partial charge is 0.497 e. The molecule has 102 valence electrons. The predicted molar refractivity (Wildman–Crippen MR) is 80.6 cm³/mol. The number of methoxy groups -OCH3 is 2. The summed E-state index contributed by atoms with van der Waals surface area (Å²) in [7, 11) is 3.39. The van der Waals surface area contributed by atoms with E-state index in [-0.39, 0.29) is 0 Å². The minimum absolute atomic E-state index is 0.834. The molecule has 0 radical (unpaired) electrons. The summed E-state index contributed by atoms with van der Waals surface area (Å²) < 4.78 is 12.8. The Hall–Kier alpha value is -2.42. The van der Waals surface area contributed by atoms with Crippen LogP contribution in [0.3, 0.4) is 0 Å². The van der Waals surface area contributed by atoms with Crippen molar-refractivity contribution in [3.63, 3.8) is 0 Å². The van der Waals surface area contributed by atoms with Gasteiger partial charge in [0.25, 0.3) is 0 Å². The van der Waals surface area contributed by atoms with Crippen molar-refractivity contribution >= 4 is 10.9 Å². The van der Waals surface area contributed by atoms with Crippen LogP contribution < -0.4 is 9.47 Å². The number of aromatic nitrogens is 1. The highest BCUT2D eigenvalue weighted by Gasteiger charge is 2.06. The molecule has 2 aromatic carbocycles. The lowest BCUT2D eigenvalue weighted by atomic mass is 10.2. The maximum Gasteiger partial charge on any atom is 0.128 e. The Kier molecular flexibility index (Phi) is 3.33. The molecule has 0 N–H and O–H groups in total. The molecule has 0 amide bonds. The number of ether oxygens (including phenoxy) is 2. The Morgan fingerprint density at radius 2 is 1.70 bits per heavy atom. The molecule has 0 spiro atoms. The maximum absolute atomic E-state index is 5.39. The van der Waals surface area contributed by atoms with Crippen LogP contribution in [0.15, 0.2) is 54.7 Å². The number of fused-ring (bicyclic) bond motifs is 1. The van der Waals surface area contributed by atoms with Crippen molar-refractivity contribution in [1.82, 2.24) is 4.57 Å². The van der Waals surface area contributed by atoms with Gasteiger partial charge in [0, 0.05) is 18.1 Å². The van der Waals surface area contributed by atoms with E-state index in [1.54, 1.807) is 14.2 Å². The summed E-state index contributed by atoms with van der Waals surface area (Å²) in [5.74, 6) is 1.80. The SMILES string of the molecule is COc1ccc(Cn2ccc3c(OC)cccc32)cc1. The zero-order valence-electron chi connectivity index (χ0n) is 11.7. The molecule has 0 fully saturated rings. The van der Waals surface area contributed by atoms with Gasteiger partial charge in [-0.05, 0) is 35.9 Å². The van der Waals surface area contributed by atoms with Crippen LogP contribution in [0.25, 0.3) is 10.9 Å². The fourth-order valence-electron chi connectivity index (χ4n) is 2.44. The van der Waals surface area contributed by atoms with Gasteiger partial charge in [0.15, 0.2) is 0 Å². The van der Waals surface area contributed by atoms with Crippen LogP contribution in [0.1, 0.15) is 5.56 Å². The number of nitrogens with zero attached hydrogens (tertiary/aromatic N) is 1. The van der Waals surface area contributed by atoms with E-state index in [4.69, 9.17) is 9.47 Å². The van der Waals surface area contributed by atoms with Gasteiger partial charge in [-0.15, -0.1) is 0 Å². The van der Waals surface area contributed by atoms with Gasteiger partial charge in [-0.2, -0.15) is 0 Å². The van der Waals surface area contributed by atoms with Crippen molar-refractivity contribution in [2.75, 3.05) is 14.2 Å². The summed E-state index contributed by atoms with van der Waals surface area (Å²) in [6.07, 6.45) is 2.09. The van der Waals surface area contributed by atoms with E-state index in [1.807, 2.05) is 24.3 Å². The Bertz CT molecular complexity index is 713. The molecule has 0 aliphatic heterocycles. The topological polar surface area (TPSA) is 23.4 Å².